The molecule has 0 bridgehead atoms. The lowest BCUT2D eigenvalue weighted by Gasteiger charge is -2.41. The Morgan fingerprint density at radius 3 is 2.39 bits per heavy atom. The summed E-state index contributed by atoms with van der Waals surface area (Å²) in [5.41, 5.74) is -0.578. The molecule has 1 fully saturated rings. The number of rotatable bonds is 3. The van der Waals surface area contributed by atoms with Crippen molar-refractivity contribution in [1.29, 1.82) is 5.26 Å². The van der Waals surface area contributed by atoms with Crippen molar-refractivity contribution >= 4 is 0 Å². The van der Waals surface area contributed by atoms with Crippen LogP contribution in [0.2, 0.25) is 0 Å². The molecule has 0 heterocycles. The first-order chi connectivity index (χ1) is 8.14. The highest BCUT2D eigenvalue weighted by atomic mass is 15.2. The minimum Gasteiger partial charge on any atom is -0.196 e. The Balaban J connectivity index is 2.97. The molecule has 0 aromatic rings. The van der Waals surface area contributed by atoms with Crippen LogP contribution in [0.25, 0.3) is 0 Å². The molecule has 0 amide bonds. The van der Waals surface area contributed by atoms with E-state index in [1.165, 1.54) is 6.42 Å². The maximum Gasteiger partial charge on any atom is 0.168 e. The average molecular weight is 249 g/mol. The third-order valence-electron chi connectivity index (χ3n) is 3.94. The van der Waals surface area contributed by atoms with Crippen LogP contribution in [0.3, 0.4) is 0 Å². The lowest BCUT2D eigenvalue weighted by molar-refractivity contribution is 0.133. The number of azo groups is 1. The maximum atomic E-state index is 9.56. The second-order valence-electron chi connectivity index (χ2n) is 7.36. The van der Waals surface area contributed by atoms with Crippen molar-refractivity contribution in [2.24, 2.45) is 21.6 Å². The molecule has 18 heavy (non-hydrogen) atoms. The number of hydrogen-bond donors (Lipinski definition) is 0. The van der Waals surface area contributed by atoms with Crippen LogP contribution < -0.4 is 0 Å². The second kappa shape index (κ2) is 4.99. The summed E-state index contributed by atoms with van der Waals surface area (Å²) in [7, 11) is 0. The van der Waals surface area contributed by atoms with E-state index >= 15 is 0 Å². The average Bonchev–Trinajstić information content (AvgIpc) is 2.24. The van der Waals surface area contributed by atoms with Gasteiger partial charge in [-0.3, -0.25) is 0 Å². The van der Waals surface area contributed by atoms with Gasteiger partial charge in [-0.15, -0.1) is 0 Å². The molecule has 102 valence electrons. The summed E-state index contributed by atoms with van der Waals surface area (Å²) >= 11 is 0. The summed E-state index contributed by atoms with van der Waals surface area (Å²) in [5, 5.41) is 18.5. The van der Waals surface area contributed by atoms with E-state index in [0.29, 0.717) is 5.92 Å². The predicted octanol–water partition coefficient (Wildman–Crippen LogP) is 4.74. The molecule has 0 saturated heterocycles. The Hall–Kier alpha value is -0.910. The molecule has 3 nitrogen and oxygen atoms in total. The van der Waals surface area contributed by atoms with E-state index < -0.39 is 5.54 Å². The van der Waals surface area contributed by atoms with E-state index in [0.717, 1.165) is 19.3 Å². The molecular formula is C15H27N3. The summed E-state index contributed by atoms with van der Waals surface area (Å²) in [6.07, 6.45) is 3.78. The van der Waals surface area contributed by atoms with Crippen LogP contribution in [0.5, 0.6) is 0 Å². The Morgan fingerprint density at radius 1 is 1.33 bits per heavy atom. The van der Waals surface area contributed by atoms with Crippen molar-refractivity contribution in [2.45, 2.75) is 78.3 Å². The third-order valence-corrected chi connectivity index (χ3v) is 3.94. The van der Waals surface area contributed by atoms with Gasteiger partial charge in [-0.1, -0.05) is 27.7 Å². The van der Waals surface area contributed by atoms with Crippen LogP contribution in [0.4, 0.5) is 0 Å². The van der Waals surface area contributed by atoms with E-state index in [1.54, 1.807) is 0 Å². The topological polar surface area (TPSA) is 48.5 Å². The van der Waals surface area contributed by atoms with Crippen molar-refractivity contribution in [3.8, 4) is 6.07 Å². The van der Waals surface area contributed by atoms with Gasteiger partial charge >= 0.3 is 0 Å². The molecule has 0 radical (unpaired) electrons. The Morgan fingerprint density at radius 2 is 1.94 bits per heavy atom. The maximum absolute atomic E-state index is 9.56. The van der Waals surface area contributed by atoms with Crippen molar-refractivity contribution in [2.75, 3.05) is 0 Å². The molecule has 1 aliphatic rings. The van der Waals surface area contributed by atoms with Crippen molar-refractivity contribution in [3.63, 3.8) is 0 Å². The van der Waals surface area contributed by atoms with Gasteiger partial charge in [0.05, 0.1) is 11.6 Å². The Labute approximate surface area is 112 Å². The summed E-state index contributed by atoms with van der Waals surface area (Å²) in [6.45, 7) is 12.9. The first-order valence-electron chi connectivity index (χ1n) is 6.99. The van der Waals surface area contributed by atoms with Crippen LogP contribution in [0.1, 0.15) is 67.2 Å². The van der Waals surface area contributed by atoms with Gasteiger partial charge in [-0.2, -0.15) is 15.5 Å². The van der Waals surface area contributed by atoms with Crippen LogP contribution in [0, 0.1) is 22.7 Å². The van der Waals surface area contributed by atoms with Gasteiger partial charge in [0.1, 0.15) is 0 Å². The summed E-state index contributed by atoms with van der Waals surface area (Å²) in [6, 6.07) is 2.44. The van der Waals surface area contributed by atoms with Crippen molar-refractivity contribution in [3.05, 3.63) is 0 Å². The van der Waals surface area contributed by atoms with Crippen molar-refractivity contribution in [1.82, 2.24) is 0 Å². The van der Waals surface area contributed by atoms with Gasteiger partial charge < -0.3 is 0 Å². The zero-order valence-electron chi connectivity index (χ0n) is 12.7. The normalized spacial score (nSPS) is 32.4. The summed E-state index contributed by atoms with van der Waals surface area (Å²) < 4.78 is 0. The summed E-state index contributed by atoms with van der Waals surface area (Å²) in [5.74, 6) is 0.539. The fourth-order valence-corrected chi connectivity index (χ4v) is 3.01. The Bertz CT molecular complexity index is 362. The fourth-order valence-electron chi connectivity index (χ4n) is 3.01. The van der Waals surface area contributed by atoms with Gasteiger partial charge in [0, 0.05) is 0 Å². The number of hydrogen-bond acceptors (Lipinski definition) is 3. The molecule has 0 N–H and O–H groups in total. The highest BCUT2D eigenvalue weighted by molar-refractivity contribution is 5.12. The van der Waals surface area contributed by atoms with Crippen LogP contribution >= 0.6 is 0 Å². The van der Waals surface area contributed by atoms with Crippen LogP contribution in [-0.2, 0) is 0 Å². The lowest BCUT2D eigenvalue weighted by atomic mass is 9.65. The van der Waals surface area contributed by atoms with E-state index in [4.69, 9.17) is 0 Å². The molecule has 2 unspecified atom stereocenters. The molecule has 0 aromatic heterocycles. The molecule has 1 saturated carbocycles. The first-order valence-corrected chi connectivity index (χ1v) is 6.99. The molecule has 0 aliphatic heterocycles. The van der Waals surface area contributed by atoms with Crippen LogP contribution in [0.15, 0.2) is 10.2 Å². The van der Waals surface area contributed by atoms with Crippen molar-refractivity contribution < 1.29 is 0 Å². The largest absolute Gasteiger partial charge is 0.196 e. The smallest absolute Gasteiger partial charge is 0.168 e. The zero-order valence-corrected chi connectivity index (χ0v) is 12.7. The molecular weight excluding hydrogens is 222 g/mol. The second-order valence-corrected chi connectivity index (χ2v) is 7.36. The van der Waals surface area contributed by atoms with E-state index in [2.05, 4.69) is 57.8 Å². The van der Waals surface area contributed by atoms with Gasteiger partial charge in [-0.05, 0) is 50.9 Å². The third kappa shape index (κ3) is 3.80. The summed E-state index contributed by atoms with van der Waals surface area (Å²) in [4.78, 5) is 0. The minimum absolute atomic E-state index is 0.158. The SMILES string of the molecule is CCC(C)(C)/N=N/C1(C#N)CC(C)CC(C)(C)C1. The monoisotopic (exact) mass is 249 g/mol. The van der Waals surface area contributed by atoms with E-state index in [-0.39, 0.29) is 11.0 Å². The molecule has 0 aromatic carbocycles. The zero-order chi connectivity index (χ0) is 14.0. The molecule has 1 aliphatic carbocycles. The molecule has 2 atom stereocenters. The first kappa shape index (κ1) is 15.1. The minimum atomic E-state index is -0.604. The quantitative estimate of drug-likeness (QED) is 0.667. The molecule has 0 spiro atoms. The Kier molecular flexibility index (Phi) is 4.20. The molecule has 1 rings (SSSR count). The van der Waals surface area contributed by atoms with Gasteiger partial charge in [-0.25, -0.2) is 0 Å². The van der Waals surface area contributed by atoms with Gasteiger partial charge in [0.25, 0.3) is 0 Å². The van der Waals surface area contributed by atoms with Gasteiger partial charge in [0.2, 0.25) is 0 Å². The van der Waals surface area contributed by atoms with Gasteiger partial charge in [0.15, 0.2) is 5.54 Å². The standard InChI is InChI=1S/C15H27N3/c1-7-14(5,6)17-18-15(11-16)9-12(2)8-13(3,4)10-15/h12H,7-10H2,1-6H3/b18-17+. The number of nitriles is 1. The highest BCUT2D eigenvalue weighted by Gasteiger charge is 2.44. The molecule has 3 heteroatoms. The van der Waals surface area contributed by atoms with E-state index in [9.17, 15) is 5.26 Å². The fraction of sp³-hybridized carbons (Fsp3) is 0.933. The van der Waals surface area contributed by atoms with Crippen LogP contribution in [-0.4, -0.2) is 11.1 Å². The highest BCUT2D eigenvalue weighted by Crippen LogP contribution is 2.45. The van der Waals surface area contributed by atoms with E-state index in [1.807, 2.05) is 0 Å². The number of nitrogens with zero attached hydrogens (tertiary/aromatic N) is 3. The predicted molar refractivity (Wildman–Crippen MR) is 74.4 cm³/mol. The lowest BCUT2D eigenvalue weighted by Crippen LogP contribution is -2.40.